The van der Waals surface area contributed by atoms with Crippen LogP contribution in [0.3, 0.4) is 0 Å². The topological polar surface area (TPSA) is 44.5 Å². The second-order valence-corrected chi connectivity index (χ2v) is 5.58. The molecule has 1 aliphatic heterocycles. The number of halogens is 2. The number of ether oxygens (including phenoxy) is 2. The van der Waals surface area contributed by atoms with Crippen molar-refractivity contribution in [3.63, 3.8) is 0 Å². The molecule has 1 fully saturated rings. The predicted molar refractivity (Wildman–Crippen MR) is 71.6 cm³/mol. The van der Waals surface area contributed by atoms with Crippen molar-refractivity contribution in [3.05, 3.63) is 23.3 Å². The van der Waals surface area contributed by atoms with Crippen molar-refractivity contribution in [3.8, 4) is 11.5 Å². The zero-order valence-electron chi connectivity index (χ0n) is 11.3. The van der Waals surface area contributed by atoms with Gasteiger partial charge in [0.25, 0.3) is 6.43 Å². The number of rotatable bonds is 3. The van der Waals surface area contributed by atoms with Crippen LogP contribution in [0.2, 0.25) is 0 Å². The molecule has 1 aromatic rings. The van der Waals surface area contributed by atoms with Crippen LogP contribution in [0.4, 0.5) is 8.78 Å². The molecule has 0 saturated heterocycles. The molecule has 0 aromatic heterocycles. The van der Waals surface area contributed by atoms with Crippen LogP contribution in [0.15, 0.2) is 12.1 Å². The summed E-state index contributed by atoms with van der Waals surface area (Å²) in [5.74, 6) is 0.982. The Balaban J connectivity index is 2.12. The average molecular weight is 283 g/mol. The minimum absolute atomic E-state index is 0.0431. The molecule has 0 bridgehead atoms. The van der Waals surface area contributed by atoms with Crippen molar-refractivity contribution in [2.75, 3.05) is 19.8 Å². The molecule has 1 heterocycles. The Morgan fingerprint density at radius 3 is 2.25 bits per heavy atom. The van der Waals surface area contributed by atoms with Crippen molar-refractivity contribution < 1.29 is 18.3 Å². The van der Waals surface area contributed by atoms with Crippen molar-refractivity contribution in [1.29, 1.82) is 0 Å². The monoisotopic (exact) mass is 283 g/mol. The number of hydrogen-bond acceptors (Lipinski definition) is 3. The predicted octanol–water partition coefficient (Wildman–Crippen LogP) is 3.17. The lowest BCUT2D eigenvalue weighted by Gasteiger charge is -2.32. The summed E-state index contributed by atoms with van der Waals surface area (Å²) in [6.07, 6.45) is 1.28. The van der Waals surface area contributed by atoms with E-state index in [0.29, 0.717) is 36.8 Å². The van der Waals surface area contributed by atoms with Gasteiger partial charge in [-0.3, -0.25) is 0 Å². The van der Waals surface area contributed by atoms with Crippen LogP contribution in [0, 0.1) is 0 Å². The lowest BCUT2D eigenvalue weighted by Crippen LogP contribution is -2.33. The van der Waals surface area contributed by atoms with Gasteiger partial charge >= 0.3 is 0 Å². The van der Waals surface area contributed by atoms with E-state index in [1.54, 1.807) is 6.07 Å². The molecule has 0 amide bonds. The first-order valence-corrected chi connectivity index (χ1v) is 7.08. The van der Waals surface area contributed by atoms with Crippen LogP contribution < -0.4 is 15.2 Å². The van der Waals surface area contributed by atoms with Crippen molar-refractivity contribution in [1.82, 2.24) is 0 Å². The Labute approximate surface area is 117 Å². The molecule has 20 heavy (non-hydrogen) atoms. The Kier molecular flexibility index (Phi) is 3.54. The van der Waals surface area contributed by atoms with Gasteiger partial charge in [0.05, 0.1) is 0 Å². The van der Waals surface area contributed by atoms with Gasteiger partial charge in [-0.15, -0.1) is 0 Å². The third kappa shape index (κ3) is 2.14. The van der Waals surface area contributed by atoms with Gasteiger partial charge in [-0.1, -0.05) is 12.8 Å². The molecule has 110 valence electrons. The zero-order chi connectivity index (χ0) is 14.2. The summed E-state index contributed by atoms with van der Waals surface area (Å²) < 4.78 is 37.8. The molecule has 3 nitrogen and oxygen atoms in total. The van der Waals surface area contributed by atoms with Crippen LogP contribution in [-0.2, 0) is 5.41 Å². The summed E-state index contributed by atoms with van der Waals surface area (Å²) in [7, 11) is 0. The Morgan fingerprint density at radius 1 is 1.10 bits per heavy atom. The fraction of sp³-hybridized carbons (Fsp3) is 0.600. The van der Waals surface area contributed by atoms with Gasteiger partial charge in [-0.2, -0.15) is 0 Å². The Morgan fingerprint density at radius 2 is 1.70 bits per heavy atom. The Hall–Kier alpha value is -1.36. The SMILES string of the molecule is NCC1(c2cc3c(cc2C(F)F)OCCO3)CCCC1. The Bertz CT molecular complexity index is 499. The summed E-state index contributed by atoms with van der Waals surface area (Å²) in [5, 5.41) is 0. The molecule has 2 N–H and O–H groups in total. The molecule has 2 aliphatic rings. The van der Waals surface area contributed by atoms with E-state index in [-0.39, 0.29) is 11.0 Å². The largest absolute Gasteiger partial charge is 0.486 e. The molecule has 0 unspecified atom stereocenters. The maximum absolute atomic E-state index is 13.4. The standard InChI is InChI=1S/C15H19F2NO2/c16-14(17)10-7-12-13(20-6-5-19-12)8-11(10)15(9-18)3-1-2-4-15/h7-8,14H,1-6,9,18H2. The molecule has 3 rings (SSSR count). The molecule has 1 saturated carbocycles. The number of fused-ring (bicyclic) bond motifs is 1. The number of alkyl halides is 2. The van der Waals surface area contributed by atoms with Crippen molar-refractivity contribution >= 4 is 0 Å². The number of benzene rings is 1. The van der Waals surface area contributed by atoms with Gasteiger partial charge in [0.2, 0.25) is 0 Å². The maximum atomic E-state index is 13.4. The van der Waals surface area contributed by atoms with E-state index >= 15 is 0 Å². The molecular weight excluding hydrogens is 264 g/mol. The van der Waals surface area contributed by atoms with Crippen LogP contribution in [0.25, 0.3) is 0 Å². The lowest BCUT2D eigenvalue weighted by atomic mass is 9.76. The van der Waals surface area contributed by atoms with Gasteiger partial charge < -0.3 is 15.2 Å². The third-order valence-corrected chi connectivity index (χ3v) is 4.47. The normalized spacial score (nSPS) is 20.4. The quantitative estimate of drug-likeness (QED) is 0.926. The minimum Gasteiger partial charge on any atom is -0.486 e. The summed E-state index contributed by atoms with van der Waals surface area (Å²) in [6, 6.07) is 3.17. The summed E-state index contributed by atoms with van der Waals surface area (Å²) in [5.41, 5.74) is 6.29. The molecule has 0 radical (unpaired) electrons. The highest BCUT2D eigenvalue weighted by atomic mass is 19.3. The van der Waals surface area contributed by atoms with Crippen molar-refractivity contribution in [2.45, 2.75) is 37.5 Å². The van der Waals surface area contributed by atoms with Crippen LogP contribution in [0.5, 0.6) is 11.5 Å². The first-order chi connectivity index (χ1) is 9.66. The number of hydrogen-bond donors (Lipinski definition) is 1. The second kappa shape index (κ2) is 5.20. The van der Waals surface area contributed by atoms with Crippen molar-refractivity contribution in [2.24, 2.45) is 5.73 Å². The van der Waals surface area contributed by atoms with E-state index in [2.05, 4.69) is 0 Å². The molecule has 0 spiro atoms. The molecular formula is C15H19F2NO2. The van der Waals surface area contributed by atoms with Gasteiger partial charge in [0.1, 0.15) is 13.2 Å². The minimum atomic E-state index is -2.52. The molecule has 5 heteroatoms. The van der Waals surface area contributed by atoms with Gasteiger partial charge in [0, 0.05) is 17.5 Å². The summed E-state index contributed by atoms with van der Waals surface area (Å²) in [6.45, 7) is 1.25. The van der Waals surface area contributed by atoms with Crippen LogP contribution in [0.1, 0.15) is 43.2 Å². The summed E-state index contributed by atoms with van der Waals surface area (Å²) >= 11 is 0. The average Bonchev–Trinajstić information content (AvgIpc) is 2.96. The first-order valence-electron chi connectivity index (χ1n) is 7.08. The fourth-order valence-corrected chi connectivity index (χ4v) is 3.38. The van der Waals surface area contributed by atoms with E-state index in [1.807, 2.05) is 0 Å². The third-order valence-electron chi connectivity index (χ3n) is 4.47. The smallest absolute Gasteiger partial charge is 0.264 e. The maximum Gasteiger partial charge on any atom is 0.264 e. The van der Waals surface area contributed by atoms with Gasteiger partial charge in [0.15, 0.2) is 11.5 Å². The molecule has 1 aliphatic carbocycles. The van der Waals surface area contributed by atoms with Crippen LogP contribution in [-0.4, -0.2) is 19.8 Å². The zero-order valence-corrected chi connectivity index (χ0v) is 11.3. The number of nitrogens with two attached hydrogens (primary N) is 1. The lowest BCUT2D eigenvalue weighted by molar-refractivity contribution is 0.143. The van der Waals surface area contributed by atoms with E-state index < -0.39 is 6.43 Å². The second-order valence-electron chi connectivity index (χ2n) is 5.58. The van der Waals surface area contributed by atoms with Crippen LogP contribution >= 0.6 is 0 Å². The van der Waals surface area contributed by atoms with E-state index in [9.17, 15) is 8.78 Å². The summed E-state index contributed by atoms with van der Waals surface area (Å²) in [4.78, 5) is 0. The molecule has 0 atom stereocenters. The first kappa shape index (κ1) is 13.6. The highest BCUT2D eigenvalue weighted by Crippen LogP contribution is 2.47. The molecule has 1 aromatic carbocycles. The highest BCUT2D eigenvalue weighted by Gasteiger charge is 2.38. The van der Waals surface area contributed by atoms with E-state index in [1.165, 1.54) is 6.07 Å². The van der Waals surface area contributed by atoms with Gasteiger partial charge in [-0.05, 0) is 30.5 Å². The highest BCUT2D eigenvalue weighted by molar-refractivity contribution is 5.51. The van der Waals surface area contributed by atoms with Gasteiger partial charge in [-0.25, -0.2) is 8.78 Å². The fourth-order valence-electron chi connectivity index (χ4n) is 3.38. The van der Waals surface area contributed by atoms with E-state index in [0.717, 1.165) is 25.7 Å². The van der Waals surface area contributed by atoms with E-state index in [4.69, 9.17) is 15.2 Å².